The van der Waals surface area contributed by atoms with Crippen molar-refractivity contribution in [1.29, 1.82) is 5.26 Å². The third kappa shape index (κ3) is 15.0. The van der Waals surface area contributed by atoms with Gasteiger partial charge in [0.25, 0.3) is 0 Å². The molecule has 7 aromatic carbocycles. The van der Waals surface area contributed by atoms with Gasteiger partial charge in [-0.05, 0) is 227 Å². The highest BCUT2D eigenvalue weighted by molar-refractivity contribution is 9.11. The average Bonchev–Trinajstić information content (AvgIpc) is 1.65. The maximum atomic E-state index is 15.2. The molecule has 0 N–H and O–H groups in total. The Kier molecular flexibility index (Phi) is 21.1. The fourth-order valence-corrected chi connectivity index (χ4v) is 13.8. The Morgan fingerprint density at radius 1 is 0.598 bits per heavy atom. The zero-order chi connectivity index (χ0) is 69.2. The van der Waals surface area contributed by atoms with E-state index in [9.17, 15) is 9.59 Å². The second kappa shape index (κ2) is 29.3. The molecule has 0 unspecified atom stereocenters. The van der Waals surface area contributed by atoms with E-state index in [1.165, 1.54) is 31.4 Å². The summed E-state index contributed by atoms with van der Waals surface area (Å²) in [6, 6.07) is 32.2. The monoisotopic (exact) mass is 1440 g/mol. The lowest BCUT2D eigenvalue weighted by Gasteiger charge is -2.32. The van der Waals surface area contributed by atoms with E-state index in [4.69, 9.17) is 43.0 Å². The number of carbonyl (C=O) groups excluding carboxylic acids is 2. The first-order chi connectivity index (χ1) is 46.3. The third-order valence-corrected chi connectivity index (χ3v) is 21.5. The molecule has 2 aliphatic carbocycles. The SMILES string of the molecule is COC(=O)C[C@@H]1COc2cc(O[C@@H]3CCc4c(-c5c(C)cc(C6=NN=NC6)cc5C)ccc(F)c43)ccc21.COC(=O)C[C@@H]1COc2cc(O[C@@H]3CCc4c(B5OC(C)(C)C(C)(C)O5)ccc(F)c43)ccc21.Cc1cc(C#N)cc(C)c1Br.Cc1cc(C2=NN=NC2)cc(C)c1Br. The maximum Gasteiger partial charge on any atom is 0.495 e. The van der Waals surface area contributed by atoms with Gasteiger partial charge in [0.1, 0.15) is 59.9 Å². The highest BCUT2D eigenvalue weighted by atomic mass is 79.9. The van der Waals surface area contributed by atoms with Crippen LogP contribution in [0.15, 0.2) is 137 Å². The van der Waals surface area contributed by atoms with Crippen LogP contribution in [0.25, 0.3) is 11.1 Å². The summed E-state index contributed by atoms with van der Waals surface area (Å²) < 4.78 is 78.8. The van der Waals surface area contributed by atoms with Gasteiger partial charge in [-0.25, -0.2) is 8.78 Å². The summed E-state index contributed by atoms with van der Waals surface area (Å²) >= 11 is 6.97. The van der Waals surface area contributed by atoms with Gasteiger partial charge in [-0.3, -0.25) is 9.59 Å². The molecule has 0 bridgehead atoms. The van der Waals surface area contributed by atoms with E-state index >= 15 is 8.78 Å². The highest BCUT2D eigenvalue weighted by Gasteiger charge is 2.53. The number of nitrogens with zero attached hydrogens (tertiary/aromatic N) is 7. The average molecular weight is 1440 g/mol. The van der Waals surface area contributed by atoms with E-state index in [1.807, 2.05) is 96.1 Å². The molecule has 7 aliphatic rings. The number of halogens is 4. The fourth-order valence-electron chi connectivity index (χ4n) is 13.3. The number of fused-ring (bicyclic) bond motifs is 4. The number of hydrogen-bond acceptors (Lipinski definition) is 17. The molecule has 0 spiro atoms. The van der Waals surface area contributed by atoms with E-state index in [0.29, 0.717) is 79.7 Å². The largest absolute Gasteiger partial charge is 0.495 e. The van der Waals surface area contributed by atoms with E-state index in [1.54, 1.807) is 12.1 Å². The molecule has 0 saturated carbocycles. The molecule has 14 rings (SSSR count). The Balaban J connectivity index is 0.000000146. The number of hydrogen-bond donors (Lipinski definition) is 0. The molecule has 0 amide bonds. The molecule has 17 nitrogen and oxygen atoms in total. The van der Waals surface area contributed by atoms with Gasteiger partial charge in [0, 0.05) is 66.3 Å². The lowest BCUT2D eigenvalue weighted by molar-refractivity contribution is -0.142. The molecule has 4 atom stereocenters. The summed E-state index contributed by atoms with van der Waals surface area (Å²) in [6.07, 6.45) is 2.47. The summed E-state index contributed by atoms with van der Waals surface area (Å²) in [4.78, 5) is 23.4. The first kappa shape index (κ1) is 69.9. The van der Waals surface area contributed by atoms with Gasteiger partial charge in [-0.15, -0.1) is 10.2 Å². The standard InChI is InChI=1S/C30H28FN3O4.C26H30BFO6.C10H10BrN3.C9H8BrN/c1-16-10-18(25-14-32-34-33-25)11-17(2)29(16)22-6-8-24(31)30-23(22)7-9-26(30)38-20-4-5-21-19(12-28(35)36-3)15-37-27(21)13-20;1-25(2)26(3,4)34-27(33-25)19-9-10-20(28)24-18(19)8-11-21(24)32-16-6-7-17-15(12-23(29)30-5)14-31-22(17)13-16;1-6-3-8(4-7(2)10(6)11)9-5-12-14-13-9;1-6-3-8(5-11)4-7(2)9(6)10/h4-6,8,10-11,13,19,26H,7,9,12,14-15H2,1-3H3;6-7,9-10,13,15,21H,8,11-12,14H2,1-5H3;3-4H,5H2,1-2H3;3-4H,1-2H3/t19-,26-;15-,21-;;/m11../s1. The van der Waals surface area contributed by atoms with Crippen LogP contribution >= 0.6 is 31.9 Å². The number of ether oxygens (including phenoxy) is 6. The van der Waals surface area contributed by atoms with Crippen molar-refractivity contribution in [2.75, 3.05) is 40.5 Å². The van der Waals surface area contributed by atoms with Crippen molar-refractivity contribution in [3.05, 3.63) is 201 Å². The van der Waals surface area contributed by atoms with Crippen LogP contribution in [0.3, 0.4) is 0 Å². The molecule has 5 aliphatic heterocycles. The van der Waals surface area contributed by atoms with Gasteiger partial charge in [0.05, 0.1) is 74.5 Å². The minimum absolute atomic E-state index is 0.0383. The van der Waals surface area contributed by atoms with Gasteiger partial charge in [0.15, 0.2) is 0 Å². The first-order valence-electron chi connectivity index (χ1n) is 32.3. The normalized spacial score (nSPS) is 19.0. The van der Waals surface area contributed by atoms with Crippen molar-refractivity contribution in [2.24, 2.45) is 30.9 Å². The summed E-state index contributed by atoms with van der Waals surface area (Å²) in [6.45, 7) is 22.2. The maximum absolute atomic E-state index is 15.2. The number of rotatable bonds is 12. The molecular formula is C75H76BBr2F2N7O10. The lowest BCUT2D eigenvalue weighted by atomic mass is 9.75. The van der Waals surface area contributed by atoms with Gasteiger partial charge in [-0.2, -0.15) is 15.5 Å². The zero-order valence-electron chi connectivity index (χ0n) is 56.4. The molecule has 97 heavy (non-hydrogen) atoms. The van der Waals surface area contributed by atoms with Crippen LogP contribution in [0.2, 0.25) is 0 Å². The fraction of sp³-hybridized carbons (Fsp3) is 0.373. The number of carbonyl (C=O) groups is 2. The van der Waals surface area contributed by atoms with Crippen molar-refractivity contribution in [2.45, 2.75) is 143 Å². The van der Waals surface area contributed by atoms with Crippen LogP contribution in [0.1, 0.15) is 161 Å². The molecule has 502 valence electrons. The van der Waals surface area contributed by atoms with Crippen LogP contribution < -0.4 is 24.4 Å². The summed E-state index contributed by atoms with van der Waals surface area (Å²) in [7, 11) is 2.22. The van der Waals surface area contributed by atoms with Gasteiger partial charge >= 0.3 is 19.1 Å². The number of nitriles is 1. The molecule has 0 radical (unpaired) electrons. The lowest BCUT2D eigenvalue weighted by Crippen LogP contribution is -2.41. The van der Waals surface area contributed by atoms with E-state index in [2.05, 4.69) is 121 Å². The van der Waals surface area contributed by atoms with Crippen LogP contribution in [-0.2, 0) is 41.2 Å². The highest BCUT2D eigenvalue weighted by Crippen LogP contribution is 2.47. The van der Waals surface area contributed by atoms with Crippen LogP contribution in [0, 0.1) is 64.5 Å². The van der Waals surface area contributed by atoms with Crippen molar-refractivity contribution in [1.82, 2.24) is 0 Å². The Morgan fingerprint density at radius 3 is 1.47 bits per heavy atom. The van der Waals surface area contributed by atoms with Gasteiger partial charge < -0.3 is 37.7 Å². The van der Waals surface area contributed by atoms with Crippen LogP contribution in [-0.4, -0.2) is 82.2 Å². The first-order valence-corrected chi connectivity index (χ1v) is 33.8. The van der Waals surface area contributed by atoms with E-state index in [-0.39, 0.29) is 48.3 Å². The van der Waals surface area contributed by atoms with E-state index in [0.717, 1.165) is 105 Å². The molecular weight excluding hydrogens is 1370 g/mol. The third-order valence-electron chi connectivity index (χ3n) is 19.0. The van der Waals surface area contributed by atoms with Crippen LogP contribution in [0.5, 0.6) is 23.0 Å². The molecule has 1 saturated heterocycles. The molecule has 1 fully saturated rings. The topological polar surface area (TPSA) is 206 Å². The van der Waals surface area contributed by atoms with E-state index < -0.39 is 30.5 Å². The van der Waals surface area contributed by atoms with Crippen molar-refractivity contribution < 1.29 is 56.1 Å². The number of esters is 2. The summed E-state index contributed by atoms with van der Waals surface area (Å²) in [5.74, 6) is 1.47. The second-order valence-corrected chi connectivity index (χ2v) is 27.8. The van der Waals surface area contributed by atoms with Crippen molar-refractivity contribution in [3.63, 3.8) is 0 Å². The number of benzene rings is 7. The smallest absolute Gasteiger partial charge is 0.492 e. The number of methoxy groups -OCH3 is 2. The minimum atomic E-state index is -0.543. The zero-order valence-corrected chi connectivity index (χ0v) is 59.6. The van der Waals surface area contributed by atoms with Crippen molar-refractivity contribution >= 4 is 67.8 Å². The Hall–Kier alpha value is -8.49. The van der Waals surface area contributed by atoms with Crippen molar-refractivity contribution in [3.8, 4) is 40.2 Å². The predicted octanol–water partition coefficient (Wildman–Crippen LogP) is 16.8. The summed E-state index contributed by atoms with van der Waals surface area (Å²) in [5, 5.41) is 31.9. The minimum Gasteiger partial charge on any atom is -0.492 e. The van der Waals surface area contributed by atoms with Gasteiger partial charge in [0.2, 0.25) is 0 Å². The second-order valence-electron chi connectivity index (χ2n) is 26.2. The quantitative estimate of drug-likeness (QED) is 0.0831. The molecule has 5 heterocycles. The molecule has 22 heteroatoms. The number of aryl methyl sites for hydroxylation is 6. The predicted molar refractivity (Wildman–Crippen MR) is 374 cm³/mol. The Bertz CT molecular complexity index is 4350. The molecule has 0 aromatic heterocycles. The Morgan fingerprint density at radius 2 is 1.03 bits per heavy atom. The molecule has 7 aromatic rings. The van der Waals surface area contributed by atoms with Gasteiger partial charge in [-0.1, -0.05) is 56.1 Å². The van der Waals surface area contributed by atoms with Crippen LogP contribution in [0.4, 0.5) is 8.78 Å². The summed E-state index contributed by atoms with van der Waals surface area (Å²) in [5.41, 5.74) is 18.6. The Labute approximate surface area is 581 Å².